The summed E-state index contributed by atoms with van der Waals surface area (Å²) >= 11 is 0. The fourth-order valence-electron chi connectivity index (χ4n) is 2.73. The van der Waals surface area contributed by atoms with Crippen molar-refractivity contribution in [3.05, 3.63) is 64.7 Å². The molecule has 2 aromatic rings. The van der Waals surface area contributed by atoms with Gasteiger partial charge < -0.3 is 10.1 Å². The van der Waals surface area contributed by atoms with Crippen LogP contribution < -0.4 is 10.1 Å². The van der Waals surface area contributed by atoms with E-state index >= 15 is 0 Å². The van der Waals surface area contributed by atoms with E-state index in [2.05, 4.69) is 61.6 Å². The predicted octanol–water partition coefficient (Wildman–Crippen LogP) is 3.69. The van der Waals surface area contributed by atoms with E-state index in [1.54, 1.807) is 7.11 Å². The number of nitrogens with one attached hydrogen (secondary N) is 1. The average molecular weight is 283 g/mol. The fraction of sp³-hybridized carbons (Fsp3) is 0.368. The zero-order valence-corrected chi connectivity index (χ0v) is 13.4. The summed E-state index contributed by atoms with van der Waals surface area (Å²) < 4.78 is 5.49. The van der Waals surface area contributed by atoms with Crippen molar-refractivity contribution in [1.82, 2.24) is 5.32 Å². The molecule has 0 aliphatic rings. The van der Waals surface area contributed by atoms with Crippen molar-refractivity contribution in [1.29, 1.82) is 0 Å². The third-order valence-electron chi connectivity index (χ3n) is 3.88. The summed E-state index contributed by atoms with van der Waals surface area (Å²) in [6.07, 6.45) is 1.99. The van der Waals surface area contributed by atoms with Gasteiger partial charge in [0.15, 0.2) is 0 Å². The Morgan fingerprint density at radius 2 is 1.76 bits per heavy atom. The topological polar surface area (TPSA) is 21.3 Å². The molecule has 0 saturated carbocycles. The Labute approximate surface area is 128 Å². The summed E-state index contributed by atoms with van der Waals surface area (Å²) in [6, 6.07) is 15.5. The van der Waals surface area contributed by atoms with E-state index in [4.69, 9.17) is 4.74 Å². The second-order valence-corrected chi connectivity index (χ2v) is 5.70. The third kappa shape index (κ3) is 4.33. The lowest BCUT2D eigenvalue weighted by Gasteiger charge is -2.19. The van der Waals surface area contributed by atoms with Gasteiger partial charge in [-0.15, -0.1) is 0 Å². The molecule has 0 aliphatic heterocycles. The average Bonchev–Trinajstić information content (AvgIpc) is 2.47. The van der Waals surface area contributed by atoms with Crippen molar-refractivity contribution in [2.24, 2.45) is 0 Å². The van der Waals surface area contributed by atoms with E-state index in [0.717, 1.165) is 18.6 Å². The van der Waals surface area contributed by atoms with Crippen LogP contribution in [0.2, 0.25) is 0 Å². The molecule has 0 heterocycles. The molecule has 0 bridgehead atoms. The van der Waals surface area contributed by atoms with Gasteiger partial charge in [-0.05, 0) is 50.9 Å². The van der Waals surface area contributed by atoms with Gasteiger partial charge in [-0.25, -0.2) is 0 Å². The van der Waals surface area contributed by atoms with E-state index in [9.17, 15) is 0 Å². The Hall–Kier alpha value is -1.80. The molecule has 0 fully saturated rings. The van der Waals surface area contributed by atoms with Crippen molar-refractivity contribution < 1.29 is 4.74 Å². The molecule has 0 spiro atoms. The molecule has 0 aliphatic carbocycles. The molecular weight excluding hydrogens is 258 g/mol. The molecule has 1 atom stereocenters. The highest BCUT2D eigenvalue weighted by atomic mass is 16.5. The Morgan fingerprint density at radius 3 is 2.43 bits per heavy atom. The molecule has 1 N–H and O–H groups in total. The molecular formula is C19H25NO. The van der Waals surface area contributed by atoms with Crippen LogP contribution in [0.4, 0.5) is 0 Å². The van der Waals surface area contributed by atoms with Gasteiger partial charge in [-0.1, -0.05) is 47.5 Å². The van der Waals surface area contributed by atoms with Crippen molar-refractivity contribution in [3.8, 4) is 5.75 Å². The number of benzene rings is 2. The van der Waals surface area contributed by atoms with E-state index in [1.165, 1.54) is 22.3 Å². The first-order chi connectivity index (χ1) is 10.1. The van der Waals surface area contributed by atoms with E-state index in [0.29, 0.717) is 6.04 Å². The minimum Gasteiger partial charge on any atom is -0.496 e. The predicted molar refractivity (Wildman–Crippen MR) is 89.2 cm³/mol. The zero-order valence-electron chi connectivity index (χ0n) is 13.4. The van der Waals surface area contributed by atoms with E-state index in [-0.39, 0.29) is 0 Å². The number of rotatable bonds is 6. The molecule has 1 unspecified atom stereocenters. The highest BCUT2D eigenvalue weighted by Crippen LogP contribution is 2.22. The van der Waals surface area contributed by atoms with Crippen molar-refractivity contribution in [2.75, 3.05) is 14.2 Å². The van der Waals surface area contributed by atoms with Gasteiger partial charge in [0.05, 0.1) is 7.11 Å². The van der Waals surface area contributed by atoms with Crippen LogP contribution in [0.25, 0.3) is 0 Å². The Bertz CT molecular complexity index is 592. The van der Waals surface area contributed by atoms with E-state index < -0.39 is 0 Å². The van der Waals surface area contributed by atoms with Crippen LogP contribution >= 0.6 is 0 Å². The maximum absolute atomic E-state index is 5.49. The molecule has 2 aromatic carbocycles. The van der Waals surface area contributed by atoms with Crippen molar-refractivity contribution in [3.63, 3.8) is 0 Å². The SMILES string of the molecule is CNC(Cc1cccc(C)c1)Cc1cc(C)ccc1OC. The normalized spacial score (nSPS) is 12.2. The lowest BCUT2D eigenvalue weighted by molar-refractivity contribution is 0.405. The van der Waals surface area contributed by atoms with Gasteiger partial charge in [-0.2, -0.15) is 0 Å². The van der Waals surface area contributed by atoms with Crippen LogP contribution in [-0.2, 0) is 12.8 Å². The second-order valence-electron chi connectivity index (χ2n) is 5.70. The largest absolute Gasteiger partial charge is 0.496 e. The standard InChI is InChI=1S/C19H25NO/c1-14-6-5-7-16(10-14)12-18(20-3)13-17-11-15(2)8-9-19(17)21-4/h5-11,18,20H,12-13H2,1-4H3. The van der Waals surface area contributed by atoms with Crippen molar-refractivity contribution >= 4 is 0 Å². The van der Waals surface area contributed by atoms with Crippen LogP contribution in [0.5, 0.6) is 5.75 Å². The Morgan fingerprint density at radius 1 is 1.00 bits per heavy atom. The van der Waals surface area contributed by atoms with Crippen LogP contribution in [0, 0.1) is 13.8 Å². The van der Waals surface area contributed by atoms with Gasteiger partial charge in [0.2, 0.25) is 0 Å². The van der Waals surface area contributed by atoms with Gasteiger partial charge >= 0.3 is 0 Å². The first-order valence-electron chi connectivity index (χ1n) is 7.48. The summed E-state index contributed by atoms with van der Waals surface area (Å²) in [5.41, 5.74) is 5.23. The fourth-order valence-corrected chi connectivity index (χ4v) is 2.73. The molecule has 21 heavy (non-hydrogen) atoms. The minimum atomic E-state index is 0.405. The minimum absolute atomic E-state index is 0.405. The van der Waals surface area contributed by atoms with Gasteiger partial charge in [0.1, 0.15) is 5.75 Å². The molecule has 0 saturated heterocycles. The molecule has 112 valence electrons. The first kappa shape index (κ1) is 15.6. The third-order valence-corrected chi connectivity index (χ3v) is 3.88. The lowest BCUT2D eigenvalue weighted by Crippen LogP contribution is -2.30. The maximum atomic E-state index is 5.49. The summed E-state index contributed by atoms with van der Waals surface area (Å²) in [5.74, 6) is 0.977. The number of aryl methyl sites for hydroxylation is 2. The highest BCUT2D eigenvalue weighted by molar-refractivity contribution is 5.37. The molecule has 2 rings (SSSR count). The van der Waals surface area contributed by atoms with Gasteiger partial charge in [0.25, 0.3) is 0 Å². The maximum Gasteiger partial charge on any atom is 0.122 e. The van der Waals surface area contributed by atoms with Crippen LogP contribution in [0.3, 0.4) is 0 Å². The molecule has 0 radical (unpaired) electrons. The molecule has 2 heteroatoms. The number of hydrogen-bond donors (Lipinski definition) is 1. The Kier molecular flexibility index (Phi) is 5.40. The van der Waals surface area contributed by atoms with Crippen LogP contribution in [0.1, 0.15) is 22.3 Å². The van der Waals surface area contributed by atoms with E-state index in [1.807, 2.05) is 7.05 Å². The molecule has 0 amide bonds. The summed E-state index contributed by atoms with van der Waals surface area (Å²) in [7, 11) is 3.77. The summed E-state index contributed by atoms with van der Waals surface area (Å²) in [6.45, 7) is 4.26. The molecule has 2 nitrogen and oxygen atoms in total. The number of ether oxygens (including phenoxy) is 1. The van der Waals surface area contributed by atoms with Crippen molar-refractivity contribution in [2.45, 2.75) is 32.7 Å². The summed E-state index contributed by atoms with van der Waals surface area (Å²) in [5, 5.41) is 3.43. The van der Waals surface area contributed by atoms with Crippen LogP contribution in [0.15, 0.2) is 42.5 Å². The van der Waals surface area contributed by atoms with Gasteiger partial charge in [0, 0.05) is 6.04 Å². The monoisotopic (exact) mass is 283 g/mol. The number of hydrogen-bond acceptors (Lipinski definition) is 2. The summed E-state index contributed by atoms with van der Waals surface area (Å²) in [4.78, 5) is 0. The lowest BCUT2D eigenvalue weighted by atomic mass is 9.97. The number of likely N-dealkylation sites (N-methyl/N-ethyl adjacent to an activating group) is 1. The van der Waals surface area contributed by atoms with Crippen LogP contribution in [-0.4, -0.2) is 20.2 Å². The first-order valence-corrected chi connectivity index (χ1v) is 7.48. The Balaban J connectivity index is 2.14. The van der Waals surface area contributed by atoms with Gasteiger partial charge in [-0.3, -0.25) is 0 Å². The smallest absolute Gasteiger partial charge is 0.122 e. The molecule has 0 aromatic heterocycles. The zero-order chi connectivity index (χ0) is 15.2. The highest BCUT2D eigenvalue weighted by Gasteiger charge is 2.12. The number of methoxy groups -OCH3 is 1. The second kappa shape index (κ2) is 7.28. The quantitative estimate of drug-likeness (QED) is 0.873.